The Morgan fingerprint density at radius 2 is 2.16 bits per heavy atom. The minimum absolute atomic E-state index is 0.137. The molecule has 1 atom stereocenters. The van der Waals surface area contributed by atoms with E-state index in [0.29, 0.717) is 18.0 Å². The third-order valence-electron chi connectivity index (χ3n) is 5.03. The summed E-state index contributed by atoms with van der Waals surface area (Å²) in [6.45, 7) is 0.537. The van der Waals surface area contributed by atoms with E-state index in [2.05, 4.69) is 15.1 Å². The monoisotopic (exact) mass is 341 g/mol. The summed E-state index contributed by atoms with van der Waals surface area (Å²) in [5.74, 6) is 0.509. The van der Waals surface area contributed by atoms with Crippen molar-refractivity contribution in [2.45, 2.75) is 31.8 Å². The van der Waals surface area contributed by atoms with Crippen LogP contribution in [0.1, 0.15) is 35.8 Å². The Kier molecular flexibility index (Phi) is 3.88. The summed E-state index contributed by atoms with van der Waals surface area (Å²) in [5, 5.41) is 8.22. The SMILES string of the molecule is CN(Cc1nnc2c(=O)n(C)ccn12)C1CCCc2ccc(F)cc21. The van der Waals surface area contributed by atoms with Crippen molar-refractivity contribution >= 4 is 5.65 Å². The van der Waals surface area contributed by atoms with Gasteiger partial charge in [-0.3, -0.25) is 14.1 Å². The van der Waals surface area contributed by atoms with Crippen molar-refractivity contribution in [2.24, 2.45) is 7.05 Å². The predicted octanol–water partition coefficient (Wildman–Crippen LogP) is 2.08. The molecule has 7 heteroatoms. The van der Waals surface area contributed by atoms with E-state index < -0.39 is 0 Å². The highest BCUT2D eigenvalue weighted by atomic mass is 19.1. The maximum atomic E-state index is 13.7. The van der Waals surface area contributed by atoms with Gasteiger partial charge in [0.25, 0.3) is 5.56 Å². The zero-order chi connectivity index (χ0) is 17.6. The van der Waals surface area contributed by atoms with Gasteiger partial charge < -0.3 is 4.57 Å². The van der Waals surface area contributed by atoms with Gasteiger partial charge in [0.1, 0.15) is 5.82 Å². The minimum Gasteiger partial charge on any atom is -0.314 e. The first kappa shape index (κ1) is 16.0. The van der Waals surface area contributed by atoms with Crippen molar-refractivity contribution in [1.29, 1.82) is 0 Å². The van der Waals surface area contributed by atoms with Crippen LogP contribution in [0.4, 0.5) is 4.39 Å². The van der Waals surface area contributed by atoms with Crippen LogP contribution in [0, 0.1) is 5.82 Å². The van der Waals surface area contributed by atoms with Crippen molar-refractivity contribution in [3.05, 3.63) is 63.7 Å². The van der Waals surface area contributed by atoms with Gasteiger partial charge in [0.15, 0.2) is 5.82 Å². The smallest absolute Gasteiger partial charge is 0.295 e. The predicted molar refractivity (Wildman–Crippen MR) is 91.8 cm³/mol. The average Bonchev–Trinajstić information content (AvgIpc) is 3.01. The number of rotatable bonds is 3. The number of halogens is 1. The number of hydrogen-bond donors (Lipinski definition) is 0. The molecule has 0 saturated heterocycles. The molecule has 0 fully saturated rings. The molecule has 4 rings (SSSR count). The first-order chi connectivity index (χ1) is 12.0. The van der Waals surface area contributed by atoms with E-state index in [1.165, 1.54) is 16.2 Å². The molecule has 1 aliphatic rings. The lowest BCUT2D eigenvalue weighted by molar-refractivity contribution is 0.207. The molecule has 0 saturated carbocycles. The fourth-order valence-electron chi connectivity index (χ4n) is 3.66. The molecule has 6 nitrogen and oxygen atoms in total. The van der Waals surface area contributed by atoms with Crippen LogP contribution in [-0.4, -0.2) is 31.1 Å². The molecule has 2 heterocycles. The minimum atomic E-state index is -0.199. The largest absolute Gasteiger partial charge is 0.314 e. The molecule has 2 aromatic heterocycles. The summed E-state index contributed by atoms with van der Waals surface area (Å²) in [4.78, 5) is 14.3. The Bertz CT molecular complexity index is 993. The van der Waals surface area contributed by atoms with Crippen molar-refractivity contribution < 1.29 is 4.39 Å². The van der Waals surface area contributed by atoms with Gasteiger partial charge in [-0.2, -0.15) is 0 Å². The second kappa shape index (κ2) is 6.07. The fourth-order valence-corrected chi connectivity index (χ4v) is 3.66. The summed E-state index contributed by atoms with van der Waals surface area (Å²) in [7, 11) is 3.70. The molecule has 0 spiro atoms. The van der Waals surface area contributed by atoms with Crippen LogP contribution in [0.3, 0.4) is 0 Å². The van der Waals surface area contributed by atoms with Crippen LogP contribution in [-0.2, 0) is 20.0 Å². The summed E-state index contributed by atoms with van der Waals surface area (Å²) in [6, 6.07) is 5.20. The Morgan fingerprint density at radius 3 is 3.00 bits per heavy atom. The normalized spacial score (nSPS) is 17.2. The van der Waals surface area contributed by atoms with Gasteiger partial charge in [-0.05, 0) is 49.6 Å². The topological polar surface area (TPSA) is 55.4 Å². The van der Waals surface area contributed by atoms with Crippen molar-refractivity contribution in [1.82, 2.24) is 24.1 Å². The second-order valence-electron chi connectivity index (χ2n) is 6.69. The standard InChI is InChI=1S/C18H20FN5O/c1-22-8-9-24-16(20-21-17(24)18(22)25)11-23(2)15-5-3-4-12-6-7-13(19)10-14(12)15/h6-10,15H,3-5,11H2,1-2H3. The van der Waals surface area contributed by atoms with E-state index in [-0.39, 0.29) is 17.4 Å². The molecular formula is C18H20FN5O. The lowest BCUT2D eigenvalue weighted by Gasteiger charge is -2.32. The molecule has 1 aliphatic carbocycles. The molecule has 0 bridgehead atoms. The molecule has 25 heavy (non-hydrogen) atoms. The van der Waals surface area contributed by atoms with Crippen LogP contribution in [0.5, 0.6) is 0 Å². The number of aryl methyl sites for hydroxylation is 2. The second-order valence-corrected chi connectivity index (χ2v) is 6.69. The Labute approximate surface area is 144 Å². The molecule has 3 aromatic rings. The highest BCUT2D eigenvalue weighted by Crippen LogP contribution is 2.34. The number of benzene rings is 1. The van der Waals surface area contributed by atoms with Gasteiger partial charge in [-0.1, -0.05) is 6.07 Å². The molecule has 130 valence electrons. The van der Waals surface area contributed by atoms with E-state index in [1.54, 1.807) is 29.9 Å². The molecule has 0 N–H and O–H groups in total. The van der Waals surface area contributed by atoms with E-state index >= 15 is 0 Å². The van der Waals surface area contributed by atoms with E-state index in [9.17, 15) is 9.18 Å². The zero-order valence-corrected chi connectivity index (χ0v) is 14.3. The number of aromatic nitrogens is 4. The van der Waals surface area contributed by atoms with E-state index in [1.807, 2.05) is 13.1 Å². The van der Waals surface area contributed by atoms with Crippen LogP contribution in [0.2, 0.25) is 0 Å². The first-order valence-corrected chi connectivity index (χ1v) is 8.42. The van der Waals surface area contributed by atoms with Gasteiger partial charge in [0.05, 0.1) is 6.54 Å². The van der Waals surface area contributed by atoms with Gasteiger partial charge in [-0.25, -0.2) is 4.39 Å². The molecule has 1 unspecified atom stereocenters. The third kappa shape index (κ3) is 2.74. The van der Waals surface area contributed by atoms with Crippen LogP contribution in [0.25, 0.3) is 5.65 Å². The number of nitrogens with zero attached hydrogens (tertiary/aromatic N) is 5. The van der Waals surface area contributed by atoms with E-state index in [0.717, 1.165) is 24.8 Å². The highest BCUT2D eigenvalue weighted by Gasteiger charge is 2.25. The summed E-state index contributed by atoms with van der Waals surface area (Å²) in [6.07, 6.45) is 6.55. The summed E-state index contributed by atoms with van der Waals surface area (Å²) in [5.41, 5.74) is 2.42. The zero-order valence-electron chi connectivity index (χ0n) is 14.3. The number of hydrogen-bond acceptors (Lipinski definition) is 4. The summed E-state index contributed by atoms with van der Waals surface area (Å²) >= 11 is 0. The Balaban J connectivity index is 1.66. The third-order valence-corrected chi connectivity index (χ3v) is 5.03. The van der Waals surface area contributed by atoms with E-state index in [4.69, 9.17) is 0 Å². The van der Waals surface area contributed by atoms with Crippen LogP contribution >= 0.6 is 0 Å². The van der Waals surface area contributed by atoms with Crippen LogP contribution in [0.15, 0.2) is 35.4 Å². The lowest BCUT2D eigenvalue weighted by Crippen LogP contribution is -2.28. The van der Waals surface area contributed by atoms with Crippen molar-refractivity contribution in [3.8, 4) is 0 Å². The van der Waals surface area contributed by atoms with Gasteiger partial charge in [0, 0.05) is 25.5 Å². The summed E-state index contributed by atoms with van der Waals surface area (Å²) < 4.78 is 16.9. The lowest BCUT2D eigenvalue weighted by atomic mass is 9.87. The first-order valence-electron chi connectivity index (χ1n) is 8.42. The van der Waals surface area contributed by atoms with Crippen molar-refractivity contribution in [2.75, 3.05) is 7.05 Å². The highest BCUT2D eigenvalue weighted by molar-refractivity contribution is 5.35. The maximum Gasteiger partial charge on any atom is 0.295 e. The average molecular weight is 341 g/mol. The quantitative estimate of drug-likeness (QED) is 0.732. The van der Waals surface area contributed by atoms with Crippen LogP contribution < -0.4 is 5.56 Å². The molecular weight excluding hydrogens is 321 g/mol. The maximum absolute atomic E-state index is 13.7. The van der Waals surface area contributed by atoms with Gasteiger partial charge >= 0.3 is 0 Å². The molecule has 0 radical (unpaired) electrons. The fraction of sp³-hybridized carbons (Fsp3) is 0.389. The molecule has 0 aliphatic heterocycles. The molecule has 0 amide bonds. The van der Waals surface area contributed by atoms with Gasteiger partial charge in [0.2, 0.25) is 5.65 Å². The van der Waals surface area contributed by atoms with Gasteiger partial charge in [-0.15, -0.1) is 10.2 Å². The number of fused-ring (bicyclic) bond motifs is 2. The Morgan fingerprint density at radius 1 is 1.32 bits per heavy atom. The van der Waals surface area contributed by atoms with Crippen molar-refractivity contribution in [3.63, 3.8) is 0 Å². The molecule has 1 aromatic carbocycles. The Hall–Kier alpha value is -2.54.